The van der Waals surface area contributed by atoms with Crippen LogP contribution in [0, 0.1) is 5.82 Å². The monoisotopic (exact) mass is 441 g/mol. The third-order valence-electron chi connectivity index (χ3n) is 5.10. The molecular formula is C19H16ClF4N5O. The second-order valence-electron chi connectivity index (χ2n) is 6.83. The summed E-state index contributed by atoms with van der Waals surface area (Å²) in [4.78, 5) is 18.5. The number of hydrogen-bond acceptors (Lipinski definition) is 5. The molecule has 11 heteroatoms. The molecule has 1 atom stereocenters. The van der Waals surface area contributed by atoms with Crippen molar-refractivity contribution in [3.8, 4) is 0 Å². The van der Waals surface area contributed by atoms with Gasteiger partial charge in [0.2, 0.25) is 0 Å². The van der Waals surface area contributed by atoms with Crippen molar-refractivity contribution in [2.75, 3.05) is 11.6 Å². The SMILES string of the molecule is CC1C2=C(CCN1C(=O)c1cccc(C(F)(F)F)c1Cl)N(c1ncccc1F)NN2. The van der Waals surface area contributed by atoms with Crippen molar-refractivity contribution < 1.29 is 22.4 Å². The summed E-state index contributed by atoms with van der Waals surface area (Å²) in [6, 6.07) is 5.49. The molecule has 0 spiro atoms. The zero-order chi connectivity index (χ0) is 21.6. The number of pyridine rings is 1. The molecule has 0 aliphatic carbocycles. The number of hydrogen-bond donors (Lipinski definition) is 2. The highest BCUT2D eigenvalue weighted by Crippen LogP contribution is 2.38. The highest BCUT2D eigenvalue weighted by Gasteiger charge is 2.39. The van der Waals surface area contributed by atoms with E-state index >= 15 is 0 Å². The number of aromatic nitrogens is 1. The number of alkyl halides is 3. The third kappa shape index (κ3) is 3.35. The molecule has 6 nitrogen and oxygen atoms in total. The predicted octanol–water partition coefficient (Wildman–Crippen LogP) is 3.87. The van der Waals surface area contributed by atoms with Gasteiger partial charge in [-0.2, -0.15) is 13.2 Å². The number of hydrazine groups is 2. The third-order valence-corrected chi connectivity index (χ3v) is 5.51. The quantitative estimate of drug-likeness (QED) is 0.693. The Balaban J connectivity index is 1.63. The molecule has 3 heterocycles. The molecule has 158 valence electrons. The zero-order valence-electron chi connectivity index (χ0n) is 15.6. The Labute approximate surface area is 174 Å². The number of carbonyl (C=O) groups excluding carboxylic acids is 1. The number of rotatable bonds is 2. The van der Waals surface area contributed by atoms with E-state index in [0.29, 0.717) is 17.8 Å². The first-order valence-corrected chi connectivity index (χ1v) is 9.40. The molecule has 2 N–H and O–H groups in total. The Morgan fingerprint density at radius 3 is 2.73 bits per heavy atom. The minimum absolute atomic E-state index is 0.0721. The minimum atomic E-state index is -4.67. The lowest BCUT2D eigenvalue weighted by Gasteiger charge is -2.35. The average Bonchev–Trinajstić information content (AvgIpc) is 3.12. The lowest BCUT2D eigenvalue weighted by Crippen LogP contribution is -2.46. The van der Waals surface area contributed by atoms with E-state index in [-0.39, 0.29) is 17.9 Å². The Kier molecular flexibility index (Phi) is 5.07. The predicted molar refractivity (Wildman–Crippen MR) is 102 cm³/mol. The lowest BCUT2D eigenvalue weighted by molar-refractivity contribution is -0.137. The van der Waals surface area contributed by atoms with Gasteiger partial charge in [0.1, 0.15) is 0 Å². The number of amides is 1. The molecule has 0 saturated carbocycles. The van der Waals surface area contributed by atoms with Crippen molar-refractivity contribution in [2.45, 2.75) is 25.6 Å². The van der Waals surface area contributed by atoms with Gasteiger partial charge in [-0.25, -0.2) is 14.4 Å². The lowest BCUT2D eigenvalue weighted by atomic mass is 10.0. The van der Waals surface area contributed by atoms with E-state index < -0.39 is 34.5 Å². The number of halogens is 5. The van der Waals surface area contributed by atoms with Crippen LogP contribution < -0.4 is 16.0 Å². The summed E-state index contributed by atoms with van der Waals surface area (Å²) in [7, 11) is 0. The molecule has 2 aromatic rings. The summed E-state index contributed by atoms with van der Waals surface area (Å²) in [5.74, 6) is -1.07. The van der Waals surface area contributed by atoms with Gasteiger partial charge in [-0.15, -0.1) is 5.53 Å². The fourth-order valence-corrected chi connectivity index (χ4v) is 3.93. The summed E-state index contributed by atoms with van der Waals surface area (Å²) in [6.45, 7) is 1.93. The first kappa shape index (κ1) is 20.4. The fourth-order valence-electron chi connectivity index (χ4n) is 3.61. The maximum Gasteiger partial charge on any atom is 0.417 e. The molecule has 1 amide bonds. The summed E-state index contributed by atoms with van der Waals surface area (Å²) in [6.07, 6.45) is -2.88. The number of carbonyl (C=O) groups is 1. The van der Waals surface area contributed by atoms with Crippen LogP contribution in [0.1, 0.15) is 29.3 Å². The zero-order valence-corrected chi connectivity index (χ0v) is 16.4. The van der Waals surface area contributed by atoms with Gasteiger partial charge in [-0.3, -0.25) is 4.79 Å². The van der Waals surface area contributed by atoms with Crippen LogP contribution in [0.3, 0.4) is 0 Å². The van der Waals surface area contributed by atoms with Gasteiger partial charge in [0.15, 0.2) is 11.6 Å². The smallest absolute Gasteiger partial charge is 0.330 e. The fraction of sp³-hybridized carbons (Fsp3) is 0.263. The van der Waals surface area contributed by atoms with Gasteiger partial charge in [0, 0.05) is 19.2 Å². The normalized spacial score (nSPS) is 19.1. The Hall–Kier alpha value is -2.85. The molecule has 1 aromatic carbocycles. The van der Waals surface area contributed by atoms with Crippen LogP contribution in [0.2, 0.25) is 5.02 Å². The Morgan fingerprint density at radius 1 is 1.27 bits per heavy atom. The summed E-state index contributed by atoms with van der Waals surface area (Å²) in [5.41, 5.74) is 5.75. The second-order valence-corrected chi connectivity index (χ2v) is 7.21. The molecule has 0 bridgehead atoms. The van der Waals surface area contributed by atoms with E-state index in [4.69, 9.17) is 11.6 Å². The van der Waals surface area contributed by atoms with Gasteiger partial charge in [0.25, 0.3) is 5.91 Å². The van der Waals surface area contributed by atoms with E-state index in [0.717, 1.165) is 12.1 Å². The van der Waals surface area contributed by atoms with Crippen LogP contribution in [-0.2, 0) is 6.18 Å². The summed E-state index contributed by atoms with van der Waals surface area (Å²) < 4.78 is 53.6. The van der Waals surface area contributed by atoms with Gasteiger partial charge in [-0.1, -0.05) is 17.7 Å². The molecule has 1 aromatic heterocycles. The van der Waals surface area contributed by atoms with Crippen molar-refractivity contribution in [1.82, 2.24) is 20.8 Å². The first-order valence-electron chi connectivity index (χ1n) is 9.02. The Morgan fingerprint density at radius 2 is 2.03 bits per heavy atom. The van der Waals surface area contributed by atoms with E-state index in [1.807, 2.05) is 0 Å². The van der Waals surface area contributed by atoms with Gasteiger partial charge >= 0.3 is 6.18 Å². The number of nitrogens with zero attached hydrogens (tertiary/aromatic N) is 3. The first-order chi connectivity index (χ1) is 14.2. The van der Waals surface area contributed by atoms with Gasteiger partial charge < -0.3 is 10.3 Å². The van der Waals surface area contributed by atoms with Crippen molar-refractivity contribution in [1.29, 1.82) is 0 Å². The van der Waals surface area contributed by atoms with Crippen LogP contribution >= 0.6 is 11.6 Å². The van der Waals surface area contributed by atoms with Crippen molar-refractivity contribution >= 4 is 23.3 Å². The second kappa shape index (κ2) is 7.44. The highest BCUT2D eigenvalue weighted by atomic mass is 35.5. The van der Waals surface area contributed by atoms with Crippen LogP contribution in [0.25, 0.3) is 0 Å². The van der Waals surface area contributed by atoms with Crippen molar-refractivity contribution in [3.63, 3.8) is 0 Å². The molecule has 1 unspecified atom stereocenters. The van der Waals surface area contributed by atoms with Gasteiger partial charge in [-0.05, 0) is 31.2 Å². The summed E-state index contributed by atoms with van der Waals surface area (Å²) in [5, 5.41) is 0.830. The molecule has 30 heavy (non-hydrogen) atoms. The molecular weight excluding hydrogens is 426 g/mol. The molecule has 0 radical (unpaired) electrons. The topological polar surface area (TPSA) is 60.5 Å². The number of benzene rings is 1. The van der Waals surface area contributed by atoms with Crippen LogP contribution in [0.5, 0.6) is 0 Å². The maximum absolute atomic E-state index is 14.1. The molecule has 0 saturated heterocycles. The van der Waals surface area contributed by atoms with Crippen LogP contribution in [-0.4, -0.2) is 28.4 Å². The number of anilines is 1. The molecule has 2 aliphatic rings. The standard InChI is InChI=1S/C19H16ClF4N5O/c1-10-16-14(29(27-26-16)17-13(21)6-3-8-25-17)7-9-28(10)18(30)11-4-2-5-12(15(11)20)19(22,23)24/h2-6,8,10,26-27H,7,9H2,1H3. The highest BCUT2D eigenvalue weighted by molar-refractivity contribution is 6.34. The van der Waals surface area contributed by atoms with Crippen LogP contribution in [0.15, 0.2) is 47.9 Å². The van der Waals surface area contributed by atoms with Crippen molar-refractivity contribution in [2.24, 2.45) is 0 Å². The van der Waals surface area contributed by atoms with E-state index in [1.165, 1.54) is 34.3 Å². The maximum atomic E-state index is 14.1. The molecule has 0 fully saturated rings. The van der Waals surface area contributed by atoms with Gasteiger partial charge in [0.05, 0.1) is 33.6 Å². The molecule has 4 rings (SSSR count). The van der Waals surface area contributed by atoms with Crippen LogP contribution in [0.4, 0.5) is 23.4 Å². The average molecular weight is 442 g/mol. The summed E-state index contributed by atoms with van der Waals surface area (Å²) >= 11 is 5.92. The molecule has 2 aliphatic heterocycles. The Bertz CT molecular complexity index is 1040. The number of nitrogens with one attached hydrogen (secondary N) is 2. The van der Waals surface area contributed by atoms with Crippen molar-refractivity contribution in [3.05, 3.63) is 69.9 Å². The largest absolute Gasteiger partial charge is 0.417 e. The van der Waals surface area contributed by atoms with E-state index in [2.05, 4.69) is 15.9 Å². The minimum Gasteiger partial charge on any atom is -0.330 e. The van der Waals surface area contributed by atoms with E-state index in [1.54, 1.807) is 6.92 Å². The van der Waals surface area contributed by atoms with E-state index in [9.17, 15) is 22.4 Å².